The Hall–Kier alpha value is -1.34. The number of hydrogen-bond acceptors (Lipinski definition) is 3. The van der Waals surface area contributed by atoms with Crippen molar-refractivity contribution in [2.24, 2.45) is 0 Å². The van der Waals surface area contributed by atoms with Gasteiger partial charge in [-0.2, -0.15) is 10.4 Å². The van der Waals surface area contributed by atoms with Crippen molar-refractivity contribution < 1.29 is 0 Å². The van der Waals surface area contributed by atoms with E-state index in [0.717, 1.165) is 25.2 Å². The fourth-order valence-corrected chi connectivity index (χ4v) is 1.54. The van der Waals surface area contributed by atoms with Crippen molar-refractivity contribution in [3.05, 3.63) is 18.0 Å². The minimum absolute atomic E-state index is 0.451. The summed E-state index contributed by atoms with van der Waals surface area (Å²) in [4.78, 5) is 0. The summed E-state index contributed by atoms with van der Waals surface area (Å²) in [6.45, 7) is 7.53. The monoisotopic (exact) mass is 206 g/mol. The van der Waals surface area contributed by atoms with Gasteiger partial charge in [-0.1, -0.05) is 6.92 Å². The summed E-state index contributed by atoms with van der Waals surface area (Å²) in [7, 11) is 0. The molecule has 0 bridgehead atoms. The van der Waals surface area contributed by atoms with Crippen molar-refractivity contribution in [2.45, 2.75) is 39.3 Å². The first-order valence-corrected chi connectivity index (χ1v) is 5.26. The van der Waals surface area contributed by atoms with Gasteiger partial charge in [0.2, 0.25) is 0 Å². The SMILES string of the molecule is CCNC(C)(C#N)CCn1nccc1C. The van der Waals surface area contributed by atoms with Crippen LogP contribution in [0.1, 0.15) is 26.0 Å². The predicted octanol–water partition coefficient (Wildman–Crippen LogP) is 1.47. The molecule has 1 atom stereocenters. The Morgan fingerprint density at radius 1 is 1.67 bits per heavy atom. The van der Waals surface area contributed by atoms with Gasteiger partial charge in [0.1, 0.15) is 5.54 Å². The Labute approximate surface area is 90.9 Å². The summed E-state index contributed by atoms with van der Waals surface area (Å²) in [5, 5.41) is 16.5. The molecule has 0 aliphatic carbocycles. The average Bonchev–Trinajstić information content (AvgIpc) is 2.62. The second kappa shape index (κ2) is 4.94. The zero-order valence-electron chi connectivity index (χ0n) is 9.62. The fourth-order valence-electron chi connectivity index (χ4n) is 1.54. The number of nitriles is 1. The van der Waals surface area contributed by atoms with Gasteiger partial charge in [0.25, 0.3) is 0 Å². The van der Waals surface area contributed by atoms with Crippen molar-refractivity contribution in [2.75, 3.05) is 6.54 Å². The smallest absolute Gasteiger partial charge is 0.105 e. The Balaban J connectivity index is 2.56. The third-order valence-electron chi connectivity index (χ3n) is 2.57. The molecule has 0 saturated heterocycles. The molecule has 1 heterocycles. The summed E-state index contributed by atoms with van der Waals surface area (Å²) < 4.78 is 1.92. The third kappa shape index (κ3) is 3.07. The maximum Gasteiger partial charge on any atom is 0.105 e. The number of nitrogens with one attached hydrogen (secondary N) is 1. The summed E-state index contributed by atoms with van der Waals surface area (Å²) in [6.07, 6.45) is 2.55. The second-order valence-corrected chi connectivity index (χ2v) is 3.92. The van der Waals surface area contributed by atoms with Crippen LogP contribution in [0.15, 0.2) is 12.3 Å². The van der Waals surface area contributed by atoms with E-state index in [9.17, 15) is 0 Å². The first-order chi connectivity index (χ1) is 7.11. The van der Waals surface area contributed by atoms with E-state index in [-0.39, 0.29) is 0 Å². The molecular weight excluding hydrogens is 188 g/mol. The second-order valence-electron chi connectivity index (χ2n) is 3.92. The molecule has 0 aliphatic heterocycles. The highest BCUT2D eigenvalue weighted by atomic mass is 15.3. The number of aryl methyl sites for hydroxylation is 2. The van der Waals surface area contributed by atoms with Crippen LogP contribution in [0, 0.1) is 18.3 Å². The molecule has 0 aromatic carbocycles. The molecule has 0 radical (unpaired) electrons. The van der Waals surface area contributed by atoms with Gasteiger partial charge in [-0.3, -0.25) is 10.00 Å². The van der Waals surface area contributed by atoms with Crippen LogP contribution in [0.25, 0.3) is 0 Å². The third-order valence-corrected chi connectivity index (χ3v) is 2.57. The quantitative estimate of drug-likeness (QED) is 0.793. The van der Waals surface area contributed by atoms with Crippen LogP contribution in [0.2, 0.25) is 0 Å². The van der Waals surface area contributed by atoms with Crippen molar-refractivity contribution in [1.82, 2.24) is 15.1 Å². The molecule has 0 fully saturated rings. The Morgan fingerprint density at radius 2 is 2.40 bits per heavy atom. The van der Waals surface area contributed by atoms with Gasteiger partial charge in [0, 0.05) is 18.4 Å². The maximum atomic E-state index is 9.07. The number of aromatic nitrogens is 2. The van der Waals surface area contributed by atoms with E-state index in [1.807, 2.05) is 31.5 Å². The van der Waals surface area contributed by atoms with Crippen LogP contribution in [0.3, 0.4) is 0 Å². The molecule has 1 unspecified atom stereocenters. The maximum absolute atomic E-state index is 9.07. The van der Waals surface area contributed by atoms with Crippen molar-refractivity contribution >= 4 is 0 Å². The zero-order chi connectivity index (χ0) is 11.3. The molecule has 4 heteroatoms. The molecule has 82 valence electrons. The lowest BCUT2D eigenvalue weighted by Crippen LogP contribution is -2.41. The van der Waals surface area contributed by atoms with Crippen LogP contribution in [-0.2, 0) is 6.54 Å². The normalized spacial score (nSPS) is 14.5. The van der Waals surface area contributed by atoms with Crippen molar-refractivity contribution in [1.29, 1.82) is 5.26 Å². The van der Waals surface area contributed by atoms with Gasteiger partial charge in [-0.05, 0) is 32.9 Å². The lowest BCUT2D eigenvalue weighted by molar-refractivity contribution is 0.388. The summed E-state index contributed by atoms with van der Waals surface area (Å²) in [5.74, 6) is 0. The van der Waals surface area contributed by atoms with Gasteiger partial charge in [-0.15, -0.1) is 0 Å². The van der Waals surface area contributed by atoms with Crippen LogP contribution in [-0.4, -0.2) is 21.9 Å². The molecule has 4 nitrogen and oxygen atoms in total. The average molecular weight is 206 g/mol. The van der Waals surface area contributed by atoms with E-state index in [4.69, 9.17) is 5.26 Å². The number of rotatable bonds is 5. The highest BCUT2D eigenvalue weighted by Gasteiger charge is 2.22. The summed E-state index contributed by atoms with van der Waals surface area (Å²) in [5.41, 5.74) is 0.680. The molecule has 1 aromatic heterocycles. The summed E-state index contributed by atoms with van der Waals surface area (Å²) in [6, 6.07) is 4.28. The molecule has 15 heavy (non-hydrogen) atoms. The molecule has 1 N–H and O–H groups in total. The number of nitrogens with zero attached hydrogens (tertiary/aromatic N) is 3. The predicted molar refractivity (Wildman–Crippen MR) is 59.3 cm³/mol. The largest absolute Gasteiger partial charge is 0.300 e. The van der Waals surface area contributed by atoms with Crippen LogP contribution in [0.5, 0.6) is 0 Å². The topological polar surface area (TPSA) is 53.6 Å². The van der Waals surface area contributed by atoms with Crippen LogP contribution >= 0.6 is 0 Å². The van der Waals surface area contributed by atoms with E-state index >= 15 is 0 Å². The molecular formula is C11H18N4. The molecule has 0 saturated carbocycles. The van der Waals surface area contributed by atoms with Crippen LogP contribution < -0.4 is 5.32 Å². The minimum Gasteiger partial charge on any atom is -0.300 e. The highest BCUT2D eigenvalue weighted by molar-refractivity contribution is 5.04. The van der Waals surface area contributed by atoms with E-state index < -0.39 is 5.54 Å². The highest BCUT2D eigenvalue weighted by Crippen LogP contribution is 2.10. The van der Waals surface area contributed by atoms with E-state index in [0.29, 0.717) is 0 Å². The van der Waals surface area contributed by atoms with Gasteiger partial charge in [0.15, 0.2) is 0 Å². The van der Waals surface area contributed by atoms with Gasteiger partial charge in [-0.25, -0.2) is 0 Å². The molecule has 1 aromatic rings. The molecule has 1 rings (SSSR count). The van der Waals surface area contributed by atoms with Crippen LogP contribution in [0.4, 0.5) is 0 Å². The molecule has 0 spiro atoms. The first-order valence-electron chi connectivity index (χ1n) is 5.26. The Morgan fingerprint density at radius 3 is 2.87 bits per heavy atom. The first kappa shape index (κ1) is 11.7. The van der Waals surface area contributed by atoms with E-state index in [1.54, 1.807) is 6.20 Å². The molecule has 0 amide bonds. The van der Waals surface area contributed by atoms with Gasteiger partial charge >= 0.3 is 0 Å². The van der Waals surface area contributed by atoms with Crippen molar-refractivity contribution in [3.8, 4) is 6.07 Å². The lowest BCUT2D eigenvalue weighted by atomic mass is 10.00. The van der Waals surface area contributed by atoms with E-state index in [2.05, 4.69) is 16.5 Å². The number of hydrogen-bond donors (Lipinski definition) is 1. The summed E-state index contributed by atoms with van der Waals surface area (Å²) >= 11 is 0. The van der Waals surface area contributed by atoms with Crippen molar-refractivity contribution in [3.63, 3.8) is 0 Å². The van der Waals surface area contributed by atoms with E-state index in [1.165, 1.54) is 0 Å². The lowest BCUT2D eigenvalue weighted by Gasteiger charge is -2.22. The minimum atomic E-state index is -0.451. The Bertz CT molecular complexity index is 350. The fraction of sp³-hybridized carbons (Fsp3) is 0.636. The molecule has 0 aliphatic rings. The Kier molecular flexibility index (Phi) is 3.87. The zero-order valence-corrected chi connectivity index (χ0v) is 9.62. The standard InChI is InChI=1S/C11H18N4/c1-4-13-11(3,9-12)6-8-15-10(2)5-7-14-15/h5,7,13H,4,6,8H2,1-3H3. The van der Waals surface area contributed by atoms with Gasteiger partial charge < -0.3 is 0 Å². The van der Waals surface area contributed by atoms with Gasteiger partial charge in [0.05, 0.1) is 6.07 Å².